The summed E-state index contributed by atoms with van der Waals surface area (Å²) >= 11 is 0. The summed E-state index contributed by atoms with van der Waals surface area (Å²) in [6.07, 6.45) is 17.1. The Balaban J connectivity index is 1.35. The highest BCUT2D eigenvalue weighted by Crippen LogP contribution is 2.63. The fraction of sp³-hybridized carbons (Fsp3) is 0.676. The van der Waals surface area contributed by atoms with Crippen LogP contribution in [-0.4, -0.2) is 21.4 Å². The van der Waals surface area contributed by atoms with E-state index >= 15 is 8.42 Å². The van der Waals surface area contributed by atoms with Gasteiger partial charge in [-0.3, -0.25) is 4.55 Å². The normalized spacial score (nSPS) is 35.3. The molecule has 1 N–H and O–H groups in total. The maximum absolute atomic E-state index is 15.0. The quantitative estimate of drug-likeness (QED) is 0.227. The minimum atomic E-state index is -4.49. The molecule has 244 valence electrons. The van der Waals surface area contributed by atoms with Crippen LogP contribution in [0.4, 0.5) is 0 Å². The van der Waals surface area contributed by atoms with Gasteiger partial charge in [0.15, 0.2) is 0 Å². The number of benzene rings is 2. The monoisotopic (exact) mass is 652 g/mol. The third-order valence-electron chi connectivity index (χ3n) is 13.7. The molecule has 8 heteroatoms. The molecule has 6 nitrogen and oxygen atoms in total. The second-order valence-electron chi connectivity index (χ2n) is 16.5. The Bertz CT molecular complexity index is 1710. The molecule has 0 aliphatic heterocycles. The lowest BCUT2D eigenvalue weighted by atomic mass is 9.68. The van der Waals surface area contributed by atoms with Crippen molar-refractivity contribution < 1.29 is 25.6 Å². The first kappa shape index (κ1) is 30.4. The lowest BCUT2D eigenvalue weighted by molar-refractivity contribution is 0.380. The molecule has 6 aliphatic carbocycles. The van der Waals surface area contributed by atoms with Crippen molar-refractivity contribution in [2.45, 2.75) is 149 Å². The van der Waals surface area contributed by atoms with E-state index in [2.05, 4.69) is 12.1 Å². The zero-order valence-electron chi connectivity index (χ0n) is 27.0. The van der Waals surface area contributed by atoms with E-state index < -0.39 is 20.2 Å². The van der Waals surface area contributed by atoms with Gasteiger partial charge in [-0.15, -0.1) is 0 Å². The van der Waals surface area contributed by atoms with E-state index in [-0.39, 0.29) is 32.8 Å². The Morgan fingerprint density at radius 1 is 0.711 bits per heavy atom. The number of fused-ring (bicyclic) bond motifs is 6. The van der Waals surface area contributed by atoms with Crippen molar-refractivity contribution in [2.75, 3.05) is 0 Å². The van der Waals surface area contributed by atoms with Crippen LogP contribution in [0.1, 0.15) is 144 Å². The van der Waals surface area contributed by atoms with Crippen molar-refractivity contribution in [3.63, 3.8) is 0 Å². The van der Waals surface area contributed by atoms with Crippen molar-refractivity contribution in [2.24, 2.45) is 17.8 Å². The summed E-state index contributed by atoms with van der Waals surface area (Å²) in [5, 5.41) is 0. The Morgan fingerprint density at radius 2 is 1.16 bits per heavy atom. The van der Waals surface area contributed by atoms with Gasteiger partial charge in [0.2, 0.25) is 0 Å². The Kier molecular flexibility index (Phi) is 6.80. The summed E-state index contributed by atoms with van der Waals surface area (Å²) in [5.74, 6) is 2.01. The fourth-order valence-corrected chi connectivity index (χ4v) is 13.8. The molecule has 0 radical (unpaired) electrons. The Morgan fingerprint density at radius 3 is 1.53 bits per heavy atom. The van der Waals surface area contributed by atoms with Gasteiger partial charge in [-0.1, -0.05) is 26.0 Å². The van der Waals surface area contributed by atoms with E-state index in [4.69, 9.17) is 4.18 Å². The molecule has 6 bridgehead atoms. The highest BCUT2D eigenvalue weighted by Gasteiger charge is 2.55. The number of hydrogen-bond acceptors (Lipinski definition) is 5. The first-order chi connectivity index (χ1) is 21.2. The predicted molar refractivity (Wildman–Crippen MR) is 174 cm³/mol. The second kappa shape index (κ2) is 10.1. The molecule has 8 rings (SSSR count). The lowest BCUT2D eigenvalue weighted by Crippen LogP contribution is -2.32. The average Bonchev–Trinajstić information content (AvgIpc) is 3.86. The van der Waals surface area contributed by atoms with Gasteiger partial charge in [0.1, 0.15) is 10.6 Å². The summed E-state index contributed by atoms with van der Waals surface area (Å²) in [6, 6.07) is 7.58. The standard InChI is InChI=1S/C37H48O6S2/c1-23(2)29-19-32(24(3)16-33(29)44(38,39)40)43-45(41,42)34-30(36-12-6-26(21-36)7-13-36)17-28(35-10-4-25(20-35)5-11-35)18-31(34)37-14-8-27(22-37)9-15-37/h16-19,23,25-27H,4-15,20-22H2,1-3H3,(H,38,39,40). The van der Waals surface area contributed by atoms with Crippen molar-refractivity contribution >= 4 is 20.2 Å². The smallest absolute Gasteiger partial charge is 0.339 e. The van der Waals surface area contributed by atoms with Gasteiger partial charge < -0.3 is 4.18 Å². The van der Waals surface area contributed by atoms with Crippen molar-refractivity contribution in [1.82, 2.24) is 0 Å². The van der Waals surface area contributed by atoms with Crippen LogP contribution in [-0.2, 0) is 36.5 Å². The molecule has 0 amide bonds. The molecule has 2 aromatic carbocycles. The van der Waals surface area contributed by atoms with Gasteiger partial charge >= 0.3 is 10.1 Å². The average molecular weight is 653 g/mol. The van der Waals surface area contributed by atoms with Gasteiger partial charge in [0.05, 0.1) is 4.90 Å². The highest BCUT2D eigenvalue weighted by atomic mass is 32.2. The molecule has 0 atom stereocenters. The summed E-state index contributed by atoms with van der Waals surface area (Å²) in [6.45, 7) is 5.31. The van der Waals surface area contributed by atoms with Crippen molar-refractivity contribution in [3.05, 3.63) is 52.1 Å². The molecule has 0 aromatic heterocycles. The molecular weight excluding hydrogens is 605 g/mol. The van der Waals surface area contributed by atoms with E-state index in [1.807, 2.05) is 13.8 Å². The van der Waals surface area contributed by atoms with Crippen LogP contribution in [0, 0.1) is 24.7 Å². The molecule has 0 unspecified atom stereocenters. The van der Waals surface area contributed by atoms with Crippen LogP contribution in [0.25, 0.3) is 0 Å². The molecule has 0 spiro atoms. The molecule has 2 aromatic rings. The van der Waals surface area contributed by atoms with E-state index in [0.29, 0.717) is 27.9 Å². The number of aryl methyl sites for hydroxylation is 1. The van der Waals surface area contributed by atoms with Crippen LogP contribution >= 0.6 is 0 Å². The van der Waals surface area contributed by atoms with Gasteiger partial charge in [-0.25, -0.2) is 0 Å². The first-order valence-corrected chi connectivity index (χ1v) is 20.3. The zero-order valence-corrected chi connectivity index (χ0v) is 28.7. The van der Waals surface area contributed by atoms with Crippen LogP contribution < -0.4 is 4.18 Å². The predicted octanol–water partition coefficient (Wildman–Crippen LogP) is 8.63. The third kappa shape index (κ3) is 4.69. The van der Waals surface area contributed by atoms with Gasteiger partial charge in [0.25, 0.3) is 10.1 Å². The van der Waals surface area contributed by atoms with Crippen LogP contribution in [0.15, 0.2) is 34.1 Å². The van der Waals surface area contributed by atoms with Crippen molar-refractivity contribution in [3.8, 4) is 5.75 Å². The fourth-order valence-electron chi connectivity index (χ4n) is 11.3. The summed E-state index contributed by atoms with van der Waals surface area (Å²) in [7, 11) is -8.78. The molecule has 45 heavy (non-hydrogen) atoms. The molecule has 0 saturated heterocycles. The van der Waals surface area contributed by atoms with Crippen LogP contribution in [0.5, 0.6) is 5.75 Å². The third-order valence-corrected chi connectivity index (χ3v) is 16.0. The van der Waals surface area contributed by atoms with E-state index in [9.17, 15) is 13.0 Å². The van der Waals surface area contributed by atoms with Crippen LogP contribution in [0.3, 0.4) is 0 Å². The number of rotatable bonds is 8. The lowest BCUT2D eigenvalue weighted by Gasteiger charge is -2.38. The van der Waals surface area contributed by atoms with Gasteiger partial charge in [-0.05, 0) is 183 Å². The summed E-state index contributed by atoms with van der Waals surface area (Å²) in [5.41, 5.74) is 4.09. The molecule has 6 saturated carbocycles. The summed E-state index contributed by atoms with van der Waals surface area (Å²) in [4.78, 5) is 0.240. The van der Waals surface area contributed by atoms with Crippen LogP contribution in [0.2, 0.25) is 0 Å². The van der Waals surface area contributed by atoms with Crippen molar-refractivity contribution in [1.29, 1.82) is 0 Å². The summed E-state index contributed by atoms with van der Waals surface area (Å²) < 4.78 is 70.7. The molecule has 0 heterocycles. The maximum Gasteiger partial charge on any atom is 0.339 e. The molecular formula is C37H48O6S2. The Labute approximate surface area is 269 Å². The second-order valence-corrected chi connectivity index (χ2v) is 19.4. The first-order valence-electron chi connectivity index (χ1n) is 17.5. The van der Waals surface area contributed by atoms with Gasteiger partial charge in [0, 0.05) is 0 Å². The number of hydrogen-bond donors (Lipinski definition) is 1. The van der Waals surface area contributed by atoms with E-state index in [1.165, 1.54) is 49.8 Å². The minimum Gasteiger partial charge on any atom is -0.379 e. The highest BCUT2D eigenvalue weighted by molar-refractivity contribution is 7.87. The maximum atomic E-state index is 15.0. The van der Waals surface area contributed by atoms with E-state index in [0.717, 1.165) is 81.3 Å². The van der Waals surface area contributed by atoms with Gasteiger partial charge in [-0.2, -0.15) is 16.8 Å². The zero-order chi connectivity index (χ0) is 31.6. The molecule has 6 fully saturated rings. The largest absolute Gasteiger partial charge is 0.379 e. The Hall–Kier alpha value is -1.90. The molecule has 6 aliphatic rings. The SMILES string of the molecule is Cc1cc(S(=O)(=O)O)c(C(C)C)cc1OS(=O)(=O)c1c(C23CCC(CC2)C3)cc(C23CCC(CC2)C3)cc1C12CCC(CC1)C2. The topological polar surface area (TPSA) is 97.7 Å². The van der Waals surface area contributed by atoms with E-state index in [1.54, 1.807) is 6.92 Å². The minimum absolute atomic E-state index is 0.130.